The van der Waals surface area contributed by atoms with Crippen LogP contribution in [0.2, 0.25) is 0 Å². The molecule has 0 radical (unpaired) electrons. The number of nitrogen functional groups attached to an aromatic ring is 1. The molecule has 0 spiro atoms. The minimum absolute atomic E-state index is 0.0262. The summed E-state index contributed by atoms with van der Waals surface area (Å²) in [6.45, 7) is 5.97. The average molecular weight is 295 g/mol. The molecule has 0 aromatic heterocycles. The zero-order valence-corrected chi connectivity index (χ0v) is 12.4. The number of nitrogens with zero attached hydrogens (tertiary/aromatic N) is 1. The number of anilines is 2. The number of ether oxygens (including phenoxy) is 1. The van der Waals surface area contributed by atoms with Crippen molar-refractivity contribution < 1.29 is 13.9 Å². The normalized spacial score (nSPS) is 21.0. The molecule has 3 N–H and O–H groups in total. The Balaban J connectivity index is 2.02. The number of halogens is 1. The molecule has 0 aliphatic carbocycles. The van der Waals surface area contributed by atoms with Crippen LogP contribution in [0.25, 0.3) is 0 Å². The van der Waals surface area contributed by atoms with Crippen molar-refractivity contribution in [2.45, 2.75) is 32.4 Å². The first kappa shape index (κ1) is 15.7. The molecule has 2 atom stereocenters. The molecule has 0 bridgehead atoms. The van der Waals surface area contributed by atoms with Crippen LogP contribution in [0.3, 0.4) is 0 Å². The van der Waals surface area contributed by atoms with E-state index in [2.05, 4.69) is 17.1 Å². The summed E-state index contributed by atoms with van der Waals surface area (Å²) in [5.74, 6) is -0.610. The van der Waals surface area contributed by atoms with E-state index in [1.54, 1.807) is 0 Å². The number of nitrogens with two attached hydrogens (primary N) is 1. The van der Waals surface area contributed by atoms with E-state index in [0.717, 1.165) is 13.0 Å². The summed E-state index contributed by atoms with van der Waals surface area (Å²) in [5.41, 5.74) is 6.04. The highest BCUT2D eigenvalue weighted by Crippen LogP contribution is 2.19. The van der Waals surface area contributed by atoms with Gasteiger partial charge in [0.25, 0.3) is 0 Å². The van der Waals surface area contributed by atoms with E-state index in [4.69, 9.17) is 10.5 Å². The van der Waals surface area contributed by atoms with Gasteiger partial charge in [-0.2, -0.15) is 0 Å². The summed E-state index contributed by atoms with van der Waals surface area (Å²) < 4.78 is 18.6. The minimum Gasteiger partial charge on any atom is -0.396 e. The lowest BCUT2D eigenvalue weighted by atomic mass is 10.1. The van der Waals surface area contributed by atoms with Gasteiger partial charge in [0.15, 0.2) is 0 Å². The standard InChI is InChI=1S/C15H22FN3O2/c1-3-12-9-21-7-6-19(12)10(2)15(20)18-11-4-5-13(16)14(17)8-11/h4-5,8,10,12H,3,6-7,9,17H2,1-2H3,(H,18,20). The molecule has 1 aromatic rings. The van der Waals surface area contributed by atoms with Gasteiger partial charge < -0.3 is 15.8 Å². The molecular formula is C15H22FN3O2. The zero-order chi connectivity index (χ0) is 15.4. The van der Waals surface area contributed by atoms with Crippen LogP contribution in [0.4, 0.5) is 15.8 Å². The maximum atomic E-state index is 13.1. The van der Waals surface area contributed by atoms with Gasteiger partial charge in [-0.1, -0.05) is 6.92 Å². The number of benzene rings is 1. The van der Waals surface area contributed by atoms with E-state index in [1.165, 1.54) is 18.2 Å². The Bertz CT molecular complexity index is 510. The maximum absolute atomic E-state index is 13.1. The van der Waals surface area contributed by atoms with Crippen molar-refractivity contribution in [2.24, 2.45) is 0 Å². The summed E-state index contributed by atoms with van der Waals surface area (Å²) >= 11 is 0. The highest BCUT2D eigenvalue weighted by atomic mass is 19.1. The number of nitrogens with one attached hydrogen (secondary N) is 1. The fourth-order valence-electron chi connectivity index (χ4n) is 2.55. The van der Waals surface area contributed by atoms with Crippen LogP contribution in [0.15, 0.2) is 18.2 Å². The molecule has 6 heteroatoms. The van der Waals surface area contributed by atoms with Gasteiger partial charge in [0.2, 0.25) is 5.91 Å². The minimum atomic E-state index is -0.486. The first-order chi connectivity index (χ1) is 10.0. The Morgan fingerprint density at radius 2 is 2.38 bits per heavy atom. The van der Waals surface area contributed by atoms with Crippen LogP contribution < -0.4 is 11.1 Å². The number of rotatable bonds is 4. The molecule has 21 heavy (non-hydrogen) atoms. The molecule has 1 aromatic carbocycles. The van der Waals surface area contributed by atoms with Crippen LogP contribution in [0.1, 0.15) is 20.3 Å². The molecule has 1 fully saturated rings. The Hall–Kier alpha value is -1.66. The van der Waals surface area contributed by atoms with Crippen molar-refractivity contribution >= 4 is 17.3 Å². The summed E-state index contributed by atoms with van der Waals surface area (Å²) in [7, 11) is 0. The van der Waals surface area contributed by atoms with E-state index in [-0.39, 0.29) is 23.7 Å². The summed E-state index contributed by atoms with van der Waals surface area (Å²) in [5, 5.41) is 2.78. The quantitative estimate of drug-likeness (QED) is 0.832. The molecule has 2 rings (SSSR count). The van der Waals surface area contributed by atoms with E-state index < -0.39 is 5.82 Å². The molecule has 2 unspecified atom stereocenters. The number of hydrogen-bond donors (Lipinski definition) is 2. The number of amides is 1. The summed E-state index contributed by atoms with van der Waals surface area (Å²) in [4.78, 5) is 14.5. The van der Waals surface area contributed by atoms with Gasteiger partial charge in [0.05, 0.1) is 24.9 Å². The van der Waals surface area contributed by atoms with Gasteiger partial charge in [-0.3, -0.25) is 9.69 Å². The summed E-state index contributed by atoms with van der Waals surface area (Å²) in [6.07, 6.45) is 0.932. The second kappa shape index (κ2) is 6.87. The molecule has 1 heterocycles. The van der Waals surface area contributed by atoms with Crippen LogP contribution >= 0.6 is 0 Å². The number of morpholine rings is 1. The lowest BCUT2D eigenvalue weighted by molar-refractivity contribution is -0.124. The van der Waals surface area contributed by atoms with Crippen molar-refractivity contribution in [3.05, 3.63) is 24.0 Å². The highest BCUT2D eigenvalue weighted by molar-refractivity contribution is 5.94. The molecular weight excluding hydrogens is 273 g/mol. The Labute approximate surface area is 124 Å². The maximum Gasteiger partial charge on any atom is 0.241 e. The largest absolute Gasteiger partial charge is 0.396 e. The summed E-state index contributed by atoms with van der Waals surface area (Å²) in [6, 6.07) is 4.16. The zero-order valence-electron chi connectivity index (χ0n) is 12.4. The molecule has 1 aliphatic rings. The SMILES string of the molecule is CCC1COCCN1C(C)C(=O)Nc1ccc(F)c(N)c1. The van der Waals surface area contributed by atoms with Gasteiger partial charge in [0.1, 0.15) is 5.82 Å². The first-order valence-electron chi connectivity index (χ1n) is 7.22. The Morgan fingerprint density at radius 1 is 1.62 bits per heavy atom. The fourth-order valence-corrected chi connectivity index (χ4v) is 2.55. The van der Waals surface area contributed by atoms with Crippen molar-refractivity contribution in [3.63, 3.8) is 0 Å². The second-order valence-electron chi connectivity index (χ2n) is 5.28. The first-order valence-corrected chi connectivity index (χ1v) is 7.22. The van der Waals surface area contributed by atoms with Crippen molar-refractivity contribution in [3.8, 4) is 0 Å². The van der Waals surface area contributed by atoms with Crippen molar-refractivity contribution in [2.75, 3.05) is 30.8 Å². The van der Waals surface area contributed by atoms with E-state index in [1.807, 2.05) is 6.92 Å². The number of carbonyl (C=O) groups is 1. The third kappa shape index (κ3) is 3.71. The molecule has 1 amide bonds. The molecule has 1 saturated heterocycles. The van der Waals surface area contributed by atoms with Gasteiger partial charge in [0, 0.05) is 18.3 Å². The topological polar surface area (TPSA) is 67.6 Å². The monoisotopic (exact) mass is 295 g/mol. The van der Waals surface area contributed by atoms with E-state index in [9.17, 15) is 9.18 Å². The molecule has 116 valence electrons. The van der Waals surface area contributed by atoms with Crippen LogP contribution in [0, 0.1) is 5.82 Å². The Morgan fingerprint density at radius 3 is 3.05 bits per heavy atom. The predicted molar refractivity (Wildman–Crippen MR) is 80.5 cm³/mol. The predicted octanol–water partition coefficient (Wildman–Crippen LogP) is 1.85. The van der Waals surface area contributed by atoms with Crippen LogP contribution in [-0.4, -0.2) is 42.6 Å². The highest BCUT2D eigenvalue weighted by Gasteiger charge is 2.29. The van der Waals surface area contributed by atoms with E-state index in [0.29, 0.717) is 18.9 Å². The average Bonchev–Trinajstić information content (AvgIpc) is 2.50. The van der Waals surface area contributed by atoms with Gasteiger partial charge in [-0.15, -0.1) is 0 Å². The molecule has 1 aliphatic heterocycles. The van der Waals surface area contributed by atoms with E-state index >= 15 is 0 Å². The van der Waals surface area contributed by atoms with Gasteiger partial charge in [-0.05, 0) is 31.5 Å². The lowest BCUT2D eigenvalue weighted by Crippen LogP contribution is -2.53. The number of carbonyl (C=O) groups excluding carboxylic acids is 1. The van der Waals surface area contributed by atoms with Gasteiger partial charge >= 0.3 is 0 Å². The van der Waals surface area contributed by atoms with Crippen LogP contribution in [-0.2, 0) is 9.53 Å². The third-order valence-corrected chi connectivity index (χ3v) is 3.88. The fraction of sp³-hybridized carbons (Fsp3) is 0.533. The number of hydrogen-bond acceptors (Lipinski definition) is 4. The van der Waals surface area contributed by atoms with Crippen molar-refractivity contribution in [1.29, 1.82) is 0 Å². The lowest BCUT2D eigenvalue weighted by Gasteiger charge is -2.38. The van der Waals surface area contributed by atoms with Crippen molar-refractivity contribution in [1.82, 2.24) is 4.90 Å². The van der Waals surface area contributed by atoms with Crippen LogP contribution in [0.5, 0.6) is 0 Å². The smallest absolute Gasteiger partial charge is 0.241 e. The van der Waals surface area contributed by atoms with Gasteiger partial charge in [-0.25, -0.2) is 4.39 Å². The second-order valence-corrected chi connectivity index (χ2v) is 5.28. The molecule has 0 saturated carbocycles. The Kier molecular flexibility index (Phi) is 5.14. The third-order valence-electron chi connectivity index (χ3n) is 3.88. The molecule has 5 nitrogen and oxygen atoms in total.